The molecule has 3 rings (SSSR count). The molecule has 2 aromatic rings. The van der Waals surface area contributed by atoms with Crippen LogP contribution in [0.4, 0.5) is 5.69 Å². The quantitative estimate of drug-likeness (QED) is 0.778. The van der Waals surface area contributed by atoms with Gasteiger partial charge < -0.3 is 4.90 Å². The molecule has 2 heterocycles. The molecule has 0 aliphatic carbocycles. The van der Waals surface area contributed by atoms with Crippen LogP contribution in [-0.2, 0) is 6.42 Å². The van der Waals surface area contributed by atoms with E-state index in [4.69, 9.17) is 5.26 Å². The number of hydrogen-bond acceptors (Lipinski definition) is 3. The van der Waals surface area contributed by atoms with Crippen LogP contribution in [0.5, 0.6) is 0 Å². The summed E-state index contributed by atoms with van der Waals surface area (Å²) in [5.41, 5.74) is 2.69. The Labute approximate surface area is 110 Å². The normalized spacial score (nSPS) is 12.9. The SMILES string of the molecule is N#Cc1cccc(C(=O)N2CCc3ccccc32)n1. The molecule has 1 aromatic heterocycles. The number of amides is 1. The minimum atomic E-state index is -0.151. The molecule has 0 saturated heterocycles. The van der Waals surface area contributed by atoms with Crippen molar-refractivity contribution < 1.29 is 4.79 Å². The van der Waals surface area contributed by atoms with Crippen molar-refractivity contribution in [2.24, 2.45) is 0 Å². The van der Waals surface area contributed by atoms with Gasteiger partial charge in [0, 0.05) is 12.2 Å². The number of rotatable bonds is 1. The lowest BCUT2D eigenvalue weighted by Crippen LogP contribution is -2.29. The first-order chi connectivity index (χ1) is 9.29. The summed E-state index contributed by atoms with van der Waals surface area (Å²) in [6, 6.07) is 14.7. The van der Waals surface area contributed by atoms with Crippen LogP contribution in [0.3, 0.4) is 0 Å². The Balaban J connectivity index is 1.96. The van der Waals surface area contributed by atoms with E-state index in [0.29, 0.717) is 12.2 Å². The smallest absolute Gasteiger partial charge is 0.276 e. The summed E-state index contributed by atoms with van der Waals surface area (Å²) >= 11 is 0. The van der Waals surface area contributed by atoms with Crippen LogP contribution in [0.1, 0.15) is 21.7 Å². The summed E-state index contributed by atoms with van der Waals surface area (Å²) in [4.78, 5) is 18.2. The highest BCUT2D eigenvalue weighted by atomic mass is 16.2. The third kappa shape index (κ3) is 1.95. The van der Waals surface area contributed by atoms with Gasteiger partial charge in [0.1, 0.15) is 17.5 Å². The fourth-order valence-electron chi connectivity index (χ4n) is 2.30. The average molecular weight is 249 g/mol. The fourth-order valence-corrected chi connectivity index (χ4v) is 2.30. The van der Waals surface area contributed by atoms with E-state index in [1.54, 1.807) is 23.1 Å². The molecule has 1 amide bonds. The van der Waals surface area contributed by atoms with Gasteiger partial charge >= 0.3 is 0 Å². The summed E-state index contributed by atoms with van der Waals surface area (Å²) in [6.45, 7) is 0.663. The fraction of sp³-hybridized carbons (Fsp3) is 0.133. The molecular weight excluding hydrogens is 238 g/mol. The summed E-state index contributed by atoms with van der Waals surface area (Å²) in [5, 5.41) is 8.83. The van der Waals surface area contributed by atoms with Crippen molar-refractivity contribution in [1.82, 2.24) is 4.98 Å². The van der Waals surface area contributed by atoms with Gasteiger partial charge in [0.05, 0.1) is 0 Å². The highest BCUT2D eigenvalue weighted by molar-refractivity contribution is 6.06. The topological polar surface area (TPSA) is 57.0 Å². The van der Waals surface area contributed by atoms with Gasteiger partial charge in [-0.2, -0.15) is 5.26 Å². The summed E-state index contributed by atoms with van der Waals surface area (Å²) in [7, 11) is 0. The van der Waals surface area contributed by atoms with Gasteiger partial charge in [-0.15, -0.1) is 0 Å². The number of hydrogen-bond donors (Lipinski definition) is 0. The number of nitrogens with zero attached hydrogens (tertiary/aromatic N) is 3. The molecule has 1 aliphatic heterocycles. The van der Waals surface area contributed by atoms with Crippen molar-refractivity contribution in [2.45, 2.75) is 6.42 Å². The lowest BCUT2D eigenvalue weighted by Gasteiger charge is -2.16. The average Bonchev–Trinajstić information content (AvgIpc) is 2.90. The molecule has 0 bridgehead atoms. The zero-order valence-corrected chi connectivity index (χ0v) is 10.2. The second-order valence-electron chi connectivity index (χ2n) is 4.36. The molecule has 0 fully saturated rings. The van der Waals surface area contributed by atoms with Crippen molar-refractivity contribution in [3.05, 3.63) is 59.4 Å². The Morgan fingerprint density at radius 2 is 2.05 bits per heavy atom. The van der Waals surface area contributed by atoms with E-state index in [1.807, 2.05) is 30.3 Å². The number of carbonyl (C=O) groups excluding carboxylic acids is 1. The molecule has 92 valence electrons. The largest absolute Gasteiger partial charge is 0.306 e. The van der Waals surface area contributed by atoms with E-state index in [2.05, 4.69) is 4.98 Å². The number of fused-ring (bicyclic) bond motifs is 1. The van der Waals surface area contributed by atoms with E-state index < -0.39 is 0 Å². The minimum Gasteiger partial charge on any atom is -0.306 e. The van der Waals surface area contributed by atoms with E-state index in [9.17, 15) is 4.79 Å². The van der Waals surface area contributed by atoms with Crippen LogP contribution in [0, 0.1) is 11.3 Å². The number of carbonyl (C=O) groups is 1. The van der Waals surface area contributed by atoms with Gasteiger partial charge in [-0.3, -0.25) is 4.79 Å². The van der Waals surface area contributed by atoms with Crippen molar-refractivity contribution >= 4 is 11.6 Å². The lowest BCUT2D eigenvalue weighted by atomic mass is 10.2. The van der Waals surface area contributed by atoms with Crippen LogP contribution < -0.4 is 4.90 Å². The maximum atomic E-state index is 12.4. The zero-order valence-electron chi connectivity index (χ0n) is 10.2. The van der Waals surface area contributed by atoms with Crippen molar-refractivity contribution in [1.29, 1.82) is 5.26 Å². The third-order valence-electron chi connectivity index (χ3n) is 3.22. The lowest BCUT2D eigenvalue weighted by molar-refractivity contribution is 0.0984. The molecule has 0 spiro atoms. The summed E-state index contributed by atoms with van der Waals surface area (Å²) in [6.07, 6.45) is 0.861. The third-order valence-corrected chi connectivity index (χ3v) is 3.22. The predicted molar refractivity (Wildman–Crippen MR) is 70.8 cm³/mol. The van der Waals surface area contributed by atoms with E-state index in [-0.39, 0.29) is 11.6 Å². The molecule has 19 heavy (non-hydrogen) atoms. The van der Waals surface area contributed by atoms with E-state index in [1.165, 1.54) is 5.56 Å². The molecule has 4 nitrogen and oxygen atoms in total. The Morgan fingerprint density at radius 3 is 2.89 bits per heavy atom. The van der Waals surface area contributed by atoms with E-state index >= 15 is 0 Å². The van der Waals surface area contributed by atoms with E-state index in [0.717, 1.165) is 12.1 Å². The molecule has 0 N–H and O–H groups in total. The van der Waals surface area contributed by atoms with Crippen molar-refractivity contribution in [3.8, 4) is 6.07 Å². The predicted octanol–water partition coefficient (Wildman–Crippen LogP) is 2.16. The second kappa shape index (κ2) is 4.54. The molecular formula is C15H11N3O. The van der Waals surface area contributed by atoms with Crippen LogP contribution in [0.25, 0.3) is 0 Å². The Bertz CT molecular complexity index is 688. The van der Waals surface area contributed by atoms with Crippen LogP contribution in [0.2, 0.25) is 0 Å². The first kappa shape index (κ1) is 11.4. The maximum Gasteiger partial charge on any atom is 0.276 e. The van der Waals surface area contributed by atoms with Crippen molar-refractivity contribution in [3.63, 3.8) is 0 Å². The molecule has 0 unspecified atom stereocenters. The first-order valence-electron chi connectivity index (χ1n) is 6.06. The Morgan fingerprint density at radius 1 is 1.21 bits per heavy atom. The van der Waals surface area contributed by atoms with Crippen molar-refractivity contribution in [2.75, 3.05) is 11.4 Å². The number of para-hydroxylation sites is 1. The van der Waals surface area contributed by atoms with Crippen LogP contribution in [0.15, 0.2) is 42.5 Å². The number of nitriles is 1. The van der Waals surface area contributed by atoms with Gasteiger partial charge in [-0.1, -0.05) is 24.3 Å². The molecule has 0 saturated carbocycles. The summed E-state index contributed by atoms with van der Waals surface area (Å²) < 4.78 is 0. The highest BCUT2D eigenvalue weighted by Crippen LogP contribution is 2.28. The standard InChI is InChI=1S/C15H11N3O/c16-10-12-5-3-6-13(17-12)15(19)18-9-8-11-4-1-2-7-14(11)18/h1-7H,8-9H2. The number of benzene rings is 1. The molecule has 0 radical (unpaired) electrons. The van der Waals surface area contributed by atoms with Crippen LogP contribution in [-0.4, -0.2) is 17.4 Å². The molecule has 1 aliphatic rings. The highest BCUT2D eigenvalue weighted by Gasteiger charge is 2.25. The monoisotopic (exact) mass is 249 g/mol. The number of anilines is 1. The van der Waals surface area contributed by atoms with Gasteiger partial charge in [-0.25, -0.2) is 4.98 Å². The van der Waals surface area contributed by atoms with Gasteiger partial charge in [-0.05, 0) is 30.2 Å². The first-order valence-corrected chi connectivity index (χ1v) is 6.06. The van der Waals surface area contributed by atoms with Gasteiger partial charge in [0.25, 0.3) is 5.91 Å². The number of pyridine rings is 1. The van der Waals surface area contributed by atoms with Crippen LogP contribution >= 0.6 is 0 Å². The maximum absolute atomic E-state index is 12.4. The zero-order chi connectivity index (χ0) is 13.2. The van der Waals surface area contributed by atoms with Gasteiger partial charge in [0.2, 0.25) is 0 Å². The Hall–Kier alpha value is -2.67. The molecule has 1 aromatic carbocycles. The minimum absolute atomic E-state index is 0.151. The Kier molecular flexibility index (Phi) is 2.73. The van der Waals surface area contributed by atoms with Gasteiger partial charge in [0.15, 0.2) is 0 Å². The summed E-state index contributed by atoms with van der Waals surface area (Å²) in [5.74, 6) is -0.151. The second-order valence-corrected chi connectivity index (χ2v) is 4.36. The molecule has 0 atom stereocenters. The number of aromatic nitrogens is 1. The molecule has 4 heteroatoms.